The summed E-state index contributed by atoms with van der Waals surface area (Å²) in [5, 5.41) is 10.6. The molecule has 2 atom stereocenters. The summed E-state index contributed by atoms with van der Waals surface area (Å²) in [6, 6.07) is 10.2. The van der Waals surface area contributed by atoms with Gasteiger partial charge < -0.3 is 14.6 Å². The second-order valence-corrected chi connectivity index (χ2v) is 6.22. The fourth-order valence-electron chi connectivity index (χ4n) is 2.61. The highest BCUT2D eigenvalue weighted by Gasteiger charge is 2.25. The first-order valence-electron chi connectivity index (χ1n) is 8.28. The summed E-state index contributed by atoms with van der Waals surface area (Å²) in [7, 11) is 0. The molecule has 1 aromatic carbocycles. The minimum absolute atomic E-state index is 0.314. The molecule has 1 heterocycles. The summed E-state index contributed by atoms with van der Waals surface area (Å²) in [5.74, 6) is 0. The molecule has 2 unspecified atom stereocenters. The Labute approximate surface area is 137 Å². The third-order valence-electron chi connectivity index (χ3n) is 4.15. The first kappa shape index (κ1) is 16.2. The van der Waals surface area contributed by atoms with Crippen molar-refractivity contribution in [3.63, 3.8) is 0 Å². The number of hydrogen-bond donors (Lipinski definition) is 1. The standard InChI is InChI=1S/C20H24O3/c21-20(11-4-14-22-15-19-16-23-19)12-9-18(10-13-20)8-7-17-5-2-1-3-6-17/h1-3,5-10,12,19,21H,4,11,13-16H2. The predicted molar refractivity (Wildman–Crippen MR) is 92.1 cm³/mol. The number of allylic oxidation sites excluding steroid dienone is 3. The third-order valence-corrected chi connectivity index (χ3v) is 4.15. The van der Waals surface area contributed by atoms with Crippen LogP contribution in [-0.2, 0) is 9.47 Å². The van der Waals surface area contributed by atoms with Crippen molar-refractivity contribution in [2.24, 2.45) is 0 Å². The van der Waals surface area contributed by atoms with Crippen molar-refractivity contribution in [1.82, 2.24) is 0 Å². The van der Waals surface area contributed by atoms with Gasteiger partial charge in [-0.05, 0) is 30.4 Å². The van der Waals surface area contributed by atoms with Gasteiger partial charge in [-0.2, -0.15) is 0 Å². The smallest absolute Gasteiger partial charge is 0.104 e. The highest BCUT2D eigenvalue weighted by molar-refractivity contribution is 5.55. The van der Waals surface area contributed by atoms with Gasteiger partial charge in [-0.3, -0.25) is 0 Å². The lowest BCUT2D eigenvalue weighted by molar-refractivity contribution is 0.0586. The Hall–Kier alpha value is -1.68. The van der Waals surface area contributed by atoms with E-state index in [-0.39, 0.29) is 0 Å². The number of rotatable bonds is 8. The van der Waals surface area contributed by atoms with Gasteiger partial charge in [0.1, 0.15) is 6.10 Å². The first-order chi connectivity index (χ1) is 11.2. The number of epoxide rings is 1. The summed E-state index contributed by atoms with van der Waals surface area (Å²) >= 11 is 0. The average molecular weight is 312 g/mol. The van der Waals surface area contributed by atoms with Gasteiger partial charge in [0.15, 0.2) is 0 Å². The molecule has 0 spiro atoms. The van der Waals surface area contributed by atoms with E-state index in [2.05, 4.69) is 30.4 Å². The molecule has 122 valence electrons. The zero-order chi connectivity index (χ0) is 16.0. The van der Waals surface area contributed by atoms with Gasteiger partial charge in [-0.1, -0.05) is 60.7 Å². The Balaban J connectivity index is 1.41. The van der Waals surface area contributed by atoms with E-state index in [1.807, 2.05) is 30.4 Å². The maximum absolute atomic E-state index is 10.6. The van der Waals surface area contributed by atoms with Gasteiger partial charge in [-0.25, -0.2) is 0 Å². The van der Waals surface area contributed by atoms with E-state index in [4.69, 9.17) is 9.47 Å². The molecule has 1 aliphatic carbocycles. The summed E-state index contributed by atoms with van der Waals surface area (Å²) < 4.78 is 10.6. The summed E-state index contributed by atoms with van der Waals surface area (Å²) in [6.45, 7) is 2.19. The Morgan fingerprint density at radius 3 is 2.78 bits per heavy atom. The van der Waals surface area contributed by atoms with Crippen LogP contribution in [0.5, 0.6) is 0 Å². The highest BCUT2D eigenvalue weighted by Crippen LogP contribution is 2.26. The van der Waals surface area contributed by atoms with Crippen molar-refractivity contribution in [1.29, 1.82) is 0 Å². The van der Waals surface area contributed by atoms with Gasteiger partial charge >= 0.3 is 0 Å². The molecule has 0 aromatic heterocycles. The molecule has 3 rings (SSSR count). The molecular weight excluding hydrogens is 288 g/mol. The van der Waals surface area contributed by atoms with Crippen molar-refractivity contribution in [3.8, 4) is 0 Å². The molecule has 0 radical (unpaired) electrons. The molecule has 0 saturated carbocycles. The molecule has 2 aliphatic rings. The van der Waals surface area contributed by atoms with E-state index in [1.54, 1.807) is 0 Å². The van der Waals surface area contributed by atoms with Gasteiger partial charge in [-0.15, -0.1) is 0 Å². The normalized spacial score (nSPS) is 26.5. The summed E-state index contributed by atoms with van der Waals surface area (Å²) in [4.78, 5) is 0. The van der Waals surface area contributed by atoms with Crippen molar-refractivity contribution in [2.75, 3.05) is 19.8 Å². The van der Waals surface area contributed by atoms with E-state index >= 15 is 0 Å². The predicted octanol–water partition coefficient (Wildman–Crippen LogP) is 3.51. The van der Waals surface area contributed by atoms with Crippen LogP contribution in [0.4, 0.5) is 0 Å². The third kappa shape index (κ3) is 5.47. The lowest BCUT2D eigenvalue weighted by atomic mass is 9.88. The van der Waals surface area contributed by atoms with Gasteiger partial charge in [0, 0.05) is 6.61 Å². The second-order valence-electron chi connectivity index (χ2n) is 6.22. The highest BCUT2D eigenvalue weighted by atomic mass is 16.6. The molecule has 1 fully saturated rings. The molecule has 1 N–H and O–H groups in total. The lowest BCUT2D eigenvalue weighted by Gasteiger charge is -2.26. The van der Waals surface area contributed by atoms with Crippen molar-refractivity contribution >= 4 is 6.08 Å². The molecule has 3 nitrogen and oxygen atoms in total. The van der Waals surface area contributed by atoms with Crippen molar-refractivity contribution < 1.29 is 14.6 Å². The van der Waals surface area contributed by atoms with E-state index in [0.717, 1.165) is 25.0 Å². The zero-order valence-corrected chi connectivity index (χ0v) is 13.4. The fraction of sp³-hybridized carbons (Fsp3) is 0.400. The summed E-state index contributed by atoms with van der Waals surface area (Å²) in [6.07, 6.45) is 12.7. The fourth-order valence-corrected chi connectivity index (χ4v) is 2.61. The van der Waals surface area contributed by atoms with E-state index in [9.17, 15) is 5.11 Å². The molecule has 1 aromatic rings. The van der Waals surface area contributed by atoms with E-state index < -0.39 is 5.60 Å². The van der Waals surface area contributed by atoms with Gasteiger partial charge in [0.2, 0.25) is 0 Å². The molecule has 0 bridgehead atoms. The van der Waals surface area contributed by atoms with E-state index in [1.165, 1.54) is 5.56 Å². The maximum atomic E-state index is 10.6. The quantitative estimate of drug-likeness (QED) is 0.590. The van der Waals surface area contributed by atoms with Crippen LogP contribution in [0.1, 0.15) is 24.8 Å². The SMILES string of the molecule is OC1(CCCOCC2CO2)C=CC(C=Cc2ccccc2)=CC1. The molecular formula is C20H24O3. The number of ether oxygens (including phenoxy) is 2. The zero-order valence-electron chi connectivity index (χ0n) is 13.4. The minimum atomic E-state index is -0.733. The molecule has 3 heteroatoms. The monoisotopic (exact) mass is 312 g/mol. The van der Waals surface area contributed by atoms with Crippen molar-refractivity contribution in [3.05, 3.63) is 65.8 Å². The van der Waals surface area contributed by atoms with Crippen LogP contribution in [-0.4, -0.2) is 36.6 Å². The Bertz CT molecular complexity index is 584. The molecule has 0 amide bonds. The first-order valence-corrected chi connectivity index (χ1v) is 8.28. The van der Waals surface area contributed by atoms with Crippen LogP contribution >= 0.6 is 0 Å². The van der Waals surface area contributed by atoms with Crippen LogP contribution < -0.4 is 0 Å². The summed E-state index contributed by atoms with van der Waals surface area (Å²) in [5.41, 5.74) is 1.59. The van der Waals surface area contributed by atoms with Crippen molar-refractivity contribution in [2.45, 2.75) is 31.0 Å². The van der Waals surface area contributed by atoms with E-state index in [0.29, 0.717) is 25.7 Å². The molecule has 1 aliphatic heterocycles. The lowest BCUT2D eigenvalue weighted by Crippen LogP contribution is -2.27. The van der Waals surface area contributed by atoms with Crippen LogP contribution in [0.2, 0.25) is 0 Å². The Morgan fingerprint density at radius 1 is 1.26 bits per heavy atom. The second kappa shape index (κ2) is 7.73. The van der Waals surface area contributed by atoms with Crippen LogP contribution in [0, 0.1) is 0 Å². The van der Waals surface area contributed by atoms with Gasteiger partial charge in [0.05, 0.1) is 18.8 Å². The van der Waals surface area contributed by atoms with Crippen LogP contribution in [0.3, 0.4) is 0 Å². The Morgan fingerprint density at radius 2 is 2.09 bits per heavy atom. The Kier molecular flexibility index (Phi) is 5.44. The topological polar surface area (TPSA) is 42.0 Å². The van der Waals surface area contributed by atoms with Crippen LogP contribution in [0.15, 0.2) is 60.2 Å². The minimum Gasteiger partial charge on any atom is -0.385 e. The number of aliphatic hydroxyl groups is 1. The molecule has 23 heavy (non-hydrogen) atoms. The average Bonchev–Trinajstić information content (AvgIpc) is 3.39. The largest absolute Gasteiger partial charge is 0.385 e. The van der Waals surface area contributed by atoms with Crippen LogP contribution in [0.25, 0.3) is 6.08 Å². The number of benzene rings is 1. The van der Waals surface area contributed by atoms with Gasteiger partial charge in [0.25, 0.3) is 0 Å². The molecule has 1 saturated heterocycles. The number of hydrogen-bond acceptors (Lipinski definition) is 3. The maximum Gasteiger partial charge on any atom is 0.104 e.